The van der Waals surface area contributed by atoms with Crippen LogP contribution in [0.2, 0.25) is 0 Å². The van der Waals surface area contributed by atoms with E-state index in [1.165, 1.54) is 62.6 Å². The molecule has 0 radical (unpaired) electrons. The number of anilines is 2. The van der Waals surface area contributed by atoms with Crippen LogP contribution in [-0.4, -0.2) is 90.2 Å². The van der Waals surface area contributed by atoms with Crippen LogP contribution in [-0.2, 0) is 10.0 Å². The molecule has 1 amide bonds. The predicted octanol–water partition coefficient (Wildman–Crippen LogP) is 9.39. The van der Waals surface area contributed by atoms with E-state index in [4.69, 9.17) is 9.47 Å². The Labute approximate surface area is 396 Å². The highest BCUT2D eigenvalue weighted by Gasteiger charge is 2.50. The SMILES string of the molecule is CCOc1nc2[nH]cc(F)c2cc1Oc1cc(N2CCC3(CC2)CN([C@@H]2CCC[C@@H]2c2ccccc2C2CC2)C3)ccc1C(=O)NS(=O)(=O)c1ccc(NC[C@H]2CC[C@](C)(O)CC2)c([N+](=O)[O-])c1. The second kappa shape index (κ2) is 18.3. The zero-order valence-corrected chi connectivity index (χ0v) is 39.5. The van der Waals surface area contributed by atoms with Crippen molar-refractivity contribution in [2.45, 2.75) is 113 Å². The van der Waals surface area contributed by atoms with Crippen LogP contribution in [0.5, 0.6) is 17.4 Å². The number of aliphatic hydroxyl groups is 1. The molecule has 2 aromatic heterocycles. The zero-order valence-electron chi connectivity index (χ0n) is 38.6. The zero-order chi connectivity index (χ0) is 47.4. The van der Waals surface area contributed by atoms with E-state index in [2.05, 4.69) is 54.1 Å². The molecule has 10 rings (SSSR count). The summed E-state index contributed by atoms with van der Waals surface area (Å²) in [7, 11) is -4.66. The molecule has 3 saturated carbocycles. The summed E-state index contributed by atoms with van der Waals surface area (Å²) in [6, 6.07) is 19.5. The molecule has 4 heterocycles. The molecule has 17 heteroatoms. The third kappa shape index (κ3) is 9.36. The van der Waals surface area contributed by atoms with Crippen molar-refractivity contribution in [3.05, 3.63) is 106 Å². The van der Waals surface area contributed by atoms with Crippen molar-refractivity contribution in [1.82, 2.24) is 19.6 Å². The molecule has 0 unspecified atom stereocenters. The van der Waals surface area contributed by atoms with Crippen LogP contribution in [0.3, 0.4) is 0 Å². The van der Waals surface area contributed by atoms with Crippen molar-refractivity contribution in [2.24, 2.45) is 11.3 Å². The lowest BCUT2D eigenvalue weighted by Crippen LogP contribution is -2.63. The molecule has 360 valence electrons. The van der Waals surface area contributed by atoms with Crippen LogP contribution in [0.1, 0.15) is 118 Å². The van der Waals surface area contributed by atoms with Crippen molar-refractivity contribution in [3.8, 4) is 17.4 Å². The third-order valence-electron chi connectivity index (χ3n) is 15.4. The van der Waals surface area contributed by atoms with Gasteiger partial charge < -0.3 is 29.8 Å². The molecule has 0 bridgehead atoms. The summed E-state index contributed by atoms with van der Waals surface area (Å²) in [6.45, 7) is 7.87. The number of likely N-dealkylation sites (tertiary alicyclic amines) is 1. The largest absolute Gasteiger partial charge is 0.475 e. The molecular formula is C51H60FN7O8S. The number of nitrogens with one attached hydrogen (secondary N) is 3. The fourth-order valence-electron chi connectivity index (χ4n) is 11.3. The highest BCUT2D eigenvalue weighted by Crippen LogP contribution is 2.51. The van der Waals surface area contributed by atoms with Crippen molar-refractivity contribution in [1.29, 1.82) is 0 Å². The minimum absolute atomic E-state index is 0.0151. The maximum atomic E-state index is 14.9. The van der Waals surface area contributed by atoms with Crippen LogP contribution >= 0.6 is 0 Å². The van der Waals surface area contributed by atoms with Crippen molar-refractivity contribution < 1.29 is 37.1 Å². The number of hydrogen-bond acceptors (Lipinski definition) is 12. The number of amides is 1. The van der Waals surface area contributed by atoms with Crippen LogP contribution in [0, 0.1) is 27.3 Å². The van der Waals surface area contributed by atoms with Gasteiger partial charge in [0.2, 0.25) is 0 Å². The molecule has 4 N–H and O–H groups in total. The lowest BCUT2D eigenvalue weighted by atomic mass is 9.70. The summed E-state index contributed by atoms with van der Waals surface area (Å²) in [4.78, 5) is 37.4. The van der Waals surface area contributed by atoms with Gasteiger partial charge in [-0.15, -0.1) is 0 Å². The molecule has 5 aliphatic rings. The van der Waals surface area contributed by atoms with Gasteiger partial charge in [-0.3, -0.25) is 19.8 Å². The van der Waals surface area contributed by atoms with Crippen molar-refractivity contribution in [3.63, 3.8) is 0 Å². The Hall–Kier alpha value is -5.78. The predicted molar refractivity (Wildman–Crippen MR) is 257 cm³/mol. The van der Waals surface area contributed by atoms with Gasteiger partial charge in [0.15, 0.2) is 5.75 Å². The number of carbonyl (C=O) groups is 1. The highest BCUT2D eigenvalue weighted by atomic mass is 32.2. The minimum atomic E-state index is -4.66. The number of piperidine rings is 1. The van der Waals surface area contributed by atoms with Gasteiger partial charge in [0, 0.05) is 68.8 Å². The van der Waals surface area contributed by atoms with E-state index in [0.29, 0.717) is 31.3 Å². The highest BCUT2D eigenvalue weighted by molar-refractivity contribution is 7.90. The number of rotatable bonds is 15. The number of aromatic amines is 1. The van der Waals surface area contributed by atoms with Crippen molar-refractivity contribution >= 4 is 44.0 Å². The van der Waals surface area contributed by atoms with E-state index >= 15 is 0 Å². The van der Waals surface area contributed by atoms with E-state index in [1.54, 1.807) is 37.1 Å². The number of ether oxygens (including phenoxy) is 2. The minimum Gasteiger partial charge on any atom is -0.475 e. The number of aromatic nitrogens is 2. The summed E-state index contributed by atoms with van der Waals surface area (Å²) in [5.74, 6) is -0.0790. The Morgan fingerprint density at radius 1 is 0.971 bits per heavy atom. The van der Waals surface area contributed by atoms with Gasteiger partial charge in [-0.05, 0) is 137 Å². The number of sulfonamides is 1. The normalized spacial score (nSPS) is 23.9. The summed E-state index contributed by atoms with van der Waals surface area (Å²) in [5, 5.41) is 25.8. The number of halogens is 1. The molecule has 1 spiro atoms. The quantitative estimate of drug-likeness (QED) is 0.0575. The van der Waals surface area contributed by atoms with Crippen LogP contribution in [0.25, 0.3) is 11.0 Å². The van der Waals surface area contributed by atoms with Gasteiger partial charge in [0.05, 0.1) is 33.0 Å². The molecular weight excluding hydrogens is 890 g/mol. The molecule has 2 saturated heterocycles. The number of nitro groups is 1. The van der Waals surface area contributed by atoms with E-state index < -0.39 is 42.9 Å². The molecule has 5 fully saturated rings. The average Bonchev–Trinajstić information content (AvgIpc) is 3.95. The smallest absolute Gasteiger partial charge is 0.293 e. The van der Waals surface area contributed by atoms with Crippen molar-refractivity contribution in [2.75, 3.05) is 49.5 Å². The Bertz CT molecular complexity index is 2820. The number of fused-ring (bicyclic) bond motifs is 1. The van der Waals surface area contributed by atoms with E-state index in [-0.39, 0.29) is 57.6 Å². The maximum absolute atomic E-state index is 14.9. The number of carbonyl (C=O) groups excluding carboxylic acids is 1. The van der Waals surface area contributed by atoms with Gasteiger partial charge in [-0.2, -0.15) is 4.98 Å². The van der Waals surface area contributed by atoms with Gasteiger partial charge in [-0.1, -0.05) is 30.7 Å². The lowest BCUT2D eigenvalue weighted by molar-refractivity contribution is -0.384. The second-order valence-corrected chi connectivity index (χ2v) is 21.8. The van der Waals surface area contributed by atoms with E-state index in [0.717, 1.165) is 69.5 Å². The molecule has 15 nitrogen and oxygen atoms in total. The number of pyridine rings is 1. The Morgan fingerprint density at radius 3 is 2.44 bits per heavy atom. The standard InChI is InChI=1S/C51H60FN7O8S/c1-3-66-49-46(27-40-41(52)29-54-47(40)55-49)67-45-25-34(57-23-21-51(22-24-57)30-58(31-51)43-10-6-9-38(43)37-8-5-4-7-36(37)33-11-12-33)13-15-39(45)48(60)56-68(64,65)35-14-16-42(44(26-35)59(62)63)53-28-32-17-19-50(2,61)20-18-32/h4-5,7-8,13-16,25-27,29,32-33,38,43,53,61H,3,6,9-12,17-24,28,30-31H2,1-2H3,(H,54,55)(H,56,60)/t32-,38-,43-,50-/m1/s1. The molecule has 5 aromatic rings. The summed E-state index contributed by atoms with van der Waals surface area (Å²) in [5.41, 5.74) is 3.16. The number of nitrogens with zero attached hydrogens (tertiary/aromatic N) is 4. The first kappa shape index (κ1) is 46.0. The monoisotopic (exact) mass is 949 g/mol. The fourth-order valence-corrected chi connectivity index (χ4v) is 12.3. The Kier molecular flexibility index (Phi) is 12.4. The third-order valence-corrected chi connectivity index (χ3v) is 16.7. The molecule has 2 aliphatic heterocycles. The maximum Gasteiger partial charge on any atom is 0.293 e. The molecule has 3 aliphatic carbocycles. The van der Waals surface area contributed by atoms with Gasteiger partial charge >= 0.3 is 0 Å². The number of benzene rings is 3. The van der Waals surface area contributed by atoms with Crippen LogP contribution < -0.4 is 24.4 Å². The van der Waals surface area contributed by atoms with Crippen LogP contribution in [0.4, 0.5) is 21.5 Å². The molecule has 3 aromatic carbocycles. The lowest BCUT2D eigenvalue weighted by Gasteiger charge is -2.57. The summed E-state index contributed by atoms with van der Waals surface area (Å²) < 4.78 is 56.9. The Balaban J connectivity index is 0.869. The average molecular weight is 950 g/mol. The van der Waals surface area contributed by atoms with Gasteiger partial charge in [0.1, 0.15) is 22.9 Å². The van der Waals surface area contributed by atoms with E-state index in [9.17, 15) is 32.8 Å². The topological polar surface area (TPSA) is 192 Å². The summed E-state index contributed by atoms with van der Waals surface area (Å²) >= 11 is 0. The number of nitro benzene ring substituents is 1. The van der Waals surface area contributed by atoms with Crippen LogP contribution in [0.15, 0.2) is 77.8 Å². The first-order valence-electron chi connectivity index (χ1n) is 24.2. The first-order valence-corrected chi connectivity index (χ1v) is 25.7. The first-order chi connectivity index (χ1) is 32.7. The second-order valence-electron chi connectivity index (χ2n) is 20.1. The van der Waals surface area contributed by atoms with Gasteiger partial charge in [0.25, 0.3) is 27.5 Å². The summed E-state index contributed by atoms with van der Waals surface area (Å²) in [6.07, 6.45) is 12.2. The fraction of sp³-hybridized carbons (Fsp3) is 0.490. The number of H-pyrrole nitrogens is 1. The number of hydrogen-bond donors (Lipinski definition) is 4. The van der Waals surface area contributed by atoms with Gasteiger partial charge in [-0.25, -0.2) is 17.5 Å². The molecule has 2 atom stereocenters. The van der Waals surface area contributed by atoms with E-state index in [1.807, 2.05) is 0 Å². The Morgan fingerprint density at radius 2 is 1.72 bits per heavy atom. The molecule has 68 heavy (non-hydrogen) atoms.